The van der Waals surface area contributed by atoms with Gasteiger partial charge >= 0.3 is 0 Å². The van der Waals surface area contributed by atoms with Crippen LogP contribution in [0.25, 0.3) is 33.4 Å². The van der Waals surface area contributed by atoms with Crippen LogP contribution in [0.2, 0.25) is 0 Å². The maximum atomic E-state index is 13.5. The lowest BCUT2D eigenvalue weighted by atomic mass is 9.98. The first kappa shape index (κ1) is 22.8. The third kappa shape index (κ3) is 4.42. The molecule has 178 valence electrons. The van der Waals surface area contributed by atoms with Gasteiger partial charge in [0.05, 0.1) is 5.56 Å². The van der Waals surface area contributed by atoms with Gasteiger partial charge in [0.1, 0.15) is 17.2 Å². The molecule has 4 aromatic rings. The predicted molar refractivity (Wildman–Crippen MR) is 134 cm³/mol. The summed E-state index contributed by atoms with van der Waals surface area (Å²) in [5, 5.41) is 3.33. The molecule has 0 bridgehead atoms. The number of piperazine rings is 1. The Hall–Kier alpha value is -3.97. The average molecular weight is 472 g/mol. The minimum atomic E-state index is -0.361. The fourth-order valence-electron chi connectivity index (χ4n) is 4.46. The Balaban J connectivity index is 1.54. The maximum Gasteiger partial charge on any atom is 0.255 e. The third-order valence-corrected chi connectivity index (χ3v) is 6.48. The van der Waals surface area contributed by atoms with E-state index in [0.29, 0.717) is 46.5 Å². The molecule has 1 N–H and O–H groups in total. The Morgan fingerprint density at radius 1 is 0.886 bits per heavy atom. The second kappa shape index (κ2) is 9.35. The Labute approximate surface area is 202 Å². The third-order valence-electron chi connectivity index (χ3n) is 6.48. The number of furan rings is 1. The number of rotatable bonds is 4. The molecule has 1 aliphatic rings. The van der Waals surface area contributed by atoms with E-state index < -0.39 is 0 Å². The van der Waals surface area contributed by atoms with Gasteiger partial charge in [-0.3, -0.25) is 9.59 Å². The highest BCUT2D eigenvalue weighted by atomic mass is 19.1. The first-order valence-electron chi connectivity index (χ1n) is 11.6. The van der Waals surface area contributed by atoms with Crippen LogP contribution in [0.15, 0.2) is 71.1 Å². The molecule has 0 unspecified atom stereocenters. The smallest absolute Gasteiger partial charge is 0.255 e. The number of benzene rings is 3. The van der Waals surface area contributed by atoms with Crippen LogP contribution in [0.1, 0.15) is 20.7 Å². The first-order valence-corrected chi connectivity index (χ1v) is 11.6. The number of hydrogen-bond acceptors (Lipinski definition) is 4. The summed E-state index contributed by atoms with van der Waals surface area (Å²) in [6.07, 6.45) is 0. The summed E-state index contributed by atoms with van der Waals surface area (Å²) in [4.78, 5) is 30.0. The lowest BCUT2D eigenvalue weighted by Crippen LogP contribution is -2.47. The maximum absolute atomic E-state index is 13.5. The number of carbonyl (C=O) groups excluding carboxylic acids is 2. The summed E-state index contributed by atoms with van der Waals surface area (Å²) < 4.78 is 19.5. The number of halogens is 1. The van der Waals surface area contributed by atoms with Crippen LogP contribution in [-0.4, -0.2) is 61.9 Å². The van der Waals surface area contributed by atoms with Crippen molar-refractivity contribution in [3.63, 3.8) is 0 Å². The van der Waals surface area contributed by atoms with Gasteiger partial charge in [-0.15, -0.1) is 0 Å². The molecular weight excluding hydrogens is 445 g/mol. The Morgan fingerprint density at radius 2 is 1.57 bits per heavy atom. The topological polar surface area (TPSA) is 65.8 Å². The molecule has 3 aromatic carbocycles. The quantitative estimate of drug-likeness (QED) is 0.471. The molecule has 1 aromatic heterocycles. The largest absolute Gasteiger partial charge is 0.455 e. The zero-order valence-corrected chi connectivity index (χ0v) is 19.7. The summed E-state index contributed by atoms with van der Waals surface area (Å²) in [6, 6.07) is 19.0. The molecular formula is C28H26FN3O3. The van der Waals surface area contributed by atoms with Gasteiger partial charge in [-0.05, 0) is 66.7 Å². The molecule has 0 radical (unpaired) electrons. The highest BCUT2D eigenvalue weighted by Crippen LogP contribution is 2.36. The molecule has 0 spiro atoms. The van der Waals surface area contributed by atoms with E-state index in [1.54, 1.807) is 19.2 Å². The van der Waals surface area contributed by atoms with Crippen molar-refractivity contribution in [2.24, 2.45) is 0 Å². The van der Waals surface area contributed by atoms with Gasteiger partial charge in [0.15, 0.2) is 0 Å². The van der Waals surface area contributed by atoms with Crippen LogP contribution in [-0.2, 0) is 0 Å². The van der Waals surface area contributed by atoms with Gasteiger partial charge in [-0.1, -0.05) is 18.2 Å². The van der Waals surface area contributed by atoms with Crippen LogP contribution in [0.4, 0.5) is 4.39 Å². The molecule has 0 saturated carbocycles. The predicted octanol–water partition coefficient (Wildman–Crippen LogP) is 4.65. The summed E-state index contributed by atoms with van der Waals surface area (Å²) in [5.74, 6) is -0.247. The van der Waals surface area contributed by atoms with E-state index in [-0.39, 0.29) is 17.6 Å². The van der Waals surface area contributed by atoms with Crippen molar-refractivity contribution in [3.8, 4) is 22.5 Å². The number of fused-ring (bicyclic) bond motifs is 1. The van der Waals surface area contributed by atoms with Gasteiger partial charge in [-0.2, -0.15) is 0 Å². The molecule has 2 heterocycles. The fraction of sp³-hybridized carbons (Fsp3) is 0.214. The van der Waals surface area contributed by atoms with Gasteiger partial charge in [0.25, 0.3) is 11.8 Å². The van der Waals surface area contributed by atoms with E-state index in [1.165, 1.54) is 12.1 Å². The highest BCUT2D eigenvalue weighted by Gasteiger charge is 2.23. The van der Waals surface area contributed by atoms with E-state index in [2.05, 4.69) is 17.3 Å². The molecule has 1 aliphatic heterocycles. The average Bonchev–Trinajstić information content (AvgIpc) is 3.27. The van der Waals surface area contributed by atoms with E-state index >= 15 is 0 Å². The Kier molecular flexibility index (Phi) is 6.09. The van der Waals surface area contributed by atoms with Crippen molar-refractivity contribution >= 4 is 22.8 Å². The molecule has 0 aliphatic carbocycles. The molecule has 6 nitrogen and oxygen atoms in total. The Morgan fingerprint density at radius 3 is 2.29 bits per heavy atom. The van der Waals surface area contributed by atoms with Crippen LogP contribution >= 0.6 is 0 Å². The van der Waals surface area contributed by atoms with Crippen molar-refractivity contribution in [1.82, 2.24) is 15.1 Å². The molecule has 1 fully saturated rings. The minimum Gasteiger partial charge on any atom is -0.455 e. The van der Waals surface area contributed by atoms with E-state index in [9.17, 15) is 14.0 Å². The van der Waals surface area contributed by atoms with E-state index in [0.717, 1.165) is 24.2 Å². The zero-order chi connectivity index (χ0) is 24.5. The van der Waals surface area contributed by atoms with Crippen LogP contribution in [0.3, 0.4) is 0 Å². The standard InChI is InChI=1S/C28H26FN3O3/c1-30-27(33)25-23-17-20(8-11-24(23)35-26(25)18-6-9-22(29)10-7-18)19-4-3-5-21(16-19)28(34)32-14-12-31(2)13-15-32/h3-11,16-17H,12-15H2,1-2H3,(H,30,33). The van der Waals surface area contributed by atoms with Crippen LogP contribution in [0, 0.1) is 5.82 Å². The van der Waals surface area contributed by atoms with Crippen LogP contribution in [0.5, 0.6) is 0 Å². The molecule has 5 rings (SSSR count). The molecule has 7 heteroatoms. The number of nitrogens with zero attached hydrogens (tertiary/aromatic N) is 2. The van der Waals surface area contributed by atoms with E-state index in [1.807, 2.05) is 47.4 Å². The molecule has 0 atom stereocenters. The summed E-state index contributed by atoms with van der Waals surface area (Å²) in [5.41, 5.74) is 3.93. The summed E-state index contributed by atoms with van der Waals surface area (Å²) >= 11 is 0. The Bertz CT molecular complexity index is 1400. The monoisotopic (exact) mass is 471 g/mol. The normalized spacial score (nSPS) is 14.3. The first-order chi connectivity index (χ1) is 16.9. The molecule has 35 heavy (non-hydrogen) atoms. The zero-order valence-electron chi connectivity index (χ0n) is 19.7. The lowest BCUT2D eigenvalue weighted by molar-refractivity contribution is 0.0664. The van der Waals surface area contributed by atoms with Crippen molar-refractivity contribution in [3.05, 3.63) is 83.7 Å². The van der Waals surface area contributed by atoms with Crippen molar-refractivity contribution in [2.45, 2.75) is 0 Å². The fourth-order valence-corrected chi connectivity index (χ4v) is 4.46. The number of hydrogen-bond donors (Lipinski definition) is 1. The second-order valence-corrected chi connectivity index (χ2v) is 8.78. The van der Waals surface area contributed by atoms with Crippen molar-refractivity contribution < 1.29 is 18.4 Å². The highest BCUT2D eigenvalue weighted by molar-refractivity contribution is 6.11. The SMILES string of the molecule is CNC(=O)c1c(-c2ccc(F)cc2)oc2ccc(-c3cccc(C(=O)N4CCN(C)CC4)c3)cc12. The van der Waals surface area contributed by atoms with Gasteiger partial charge in [-0.25, -0.2) is 4.39 Å². The number of likely N-dealkylation sites (N-methyl/N-ethyl adjacent to an activating group) is 1. The van der Waals surface area contributed by atoms with Crippen molar-refractivity contribution in [2.75, 3.05) is 40.3 Å². The van der Waals surface area contributed by atoms with Gasteiger partial charge in [0, 0.05) is 49.7 Å². The summed E-state index contributed by atoms with van der Waals surface area (Å²) in [7, 11) is 3.62. The summed E-state index contributed by atoms with van der Waals surface area (Å²) in [6.45, 7) is 3.15. The number of carbonyl (C=O) groups is 2. The lowest BCUT2D eigenvalue weighted by Gasteiger charge is -2.32. The second-order valence-electron chi connectivity index (χ2n) is 8.78. The molecule has 2 amide bonds. The van der Waals surface area contributed by atoms with Gasteiger partial charge < -0.3 is 19.5 Å². The van der Waals surface area contributed by atoms with Gasteiger partial charge in [0.2, 0.25) is 0 Å². The number of amides is 2. The number of nitrogens with one attached hydrogen (secondary N) is 1. The van der Waals surface area contributed by atoms with Crippen LogP contribution < -0.4 is 5.32 Å². The molecule has 1 saturated heterocycles. The minimum absolute atomic E-state index is 0.0222. The van der Waals surface area contributed by atoms with E-state index in [4.69, 9.17) is 4.42 Å². The van der Waals surface area contributed by atoms with Crippen molar-refractivity contribution in [1.29, 1.82) is 0 Å².